The van der Waals surface area contributed by atoms with E-state index in [2.05, 4.69) is 9.59 Å². The molecule has 0 aliphatic heterocycles. The second-order valence-electron chi connectivity index (χ2n) is 1.74. The number of hydrogen-bond acceptors (Lipinski definition) is 3. The number of fused-ring (bicyclic) bond motifs is 1. The SMILES string of the molecule is [Si].c1ccc2snnc2c1. The van der Waals surface area contributed by atoms with E-state index in [4.69, 9.17) is 0 Å². The van der Waals surface area contributed by atoms with Crippen LogP contribution in [0.15, 0.2) is 24.3 Å². The molecule has 0 unspecified atom stereocenters. The van der Waals surface area contributed by atoms with Crippen molar-refractivity contribution in [3.8, 4) is 0 Å². The molecule has 4 heteroatoms. The van der Waals surface area contributed by atoms with E-state index in [0.29, 0.717) is 0 Å². The summed E-state index contributed by atoms with van der Waals surface area (Å²) in [5.74, 6) is 0. The van der Waals surface area contributed by atoms with Gasteiger partial charge < -0.3 is 0 Å². The molecular formula is C6H4N2SSi. The molecule has 0 saturated carbocycles. The first kappa shape index (κ1) is 7.36. The lowest BCUT2D eigenvalue weighted by molar-refractivity contribution is 1.20. The Morgan fingerprint density at radius 1 is 1.20 bits per heavy atom. The third-order valence-corrected chi connectivity index (χ3v) is 1.86. The first-order valence-corrected chi connectivity index (χ1v) is 3.41. The van der Waals surface area contributed by atoms with Gasteiger partial charge in [0, 0.05) is 11.0 Å². The fourth-order valence-electron chi connectivity index (χ4n) is 0.725. The van der Waals surface area contributed by atoms with E-state index >= 15 is 0 Å². The van der Waals surface area contributed by atoms with Crippen LogP contribution in [0.5, 0.6) is 0 Å². The maximum Gasteiger partial charge on any atom is 0.105 e. The van der Waals surface area contributed by atoms with E-state index in [0.717, 1.165) is 10.2 Å². The second-order valence-corrected chi connectivity index (χ2v) is 2.53. The Kier molecular flexibility index (Phi) is 2.13. The van der Waals surface area contributed by atoms with Crippen LogP contribution in [0, 0.1) is 0 Å². The summed E-state index contributed by atoms with van der Waals surface area (Å²) in [4.78, 5) is 0. The Balaban J connectivity index is 0.000000500. The van der Waals surface area contributed by atoms with Crippen molar-refractivity contribution in [1.82, 2.24) is 9.59 Å². The van der Waals surface area contributed by atoms with Crippen LogP contribution in [-0.2, 0) is 0 Å². The van der Waals surface area contributed by atoms with Gasteiger partial charge in [0.1, 0.15) is 5.52 Å². The number of hydrogen-bond donors (Lipinski definition) is 0. The summed E-state index contributed by atoms with van der Waals surface area (Å²) in [6.45, 7) is 0. The van der Waals surface area contributed by atoms with Gasteiger partial charge >= 0.3 is 0 Å². The zero-order valence-electron chi connectivity index (χ0n) is 5.11. The molecule has 0 saturated heterocycles. The zero-order chi connectivity index (χ0) is 6.10. The largest absolute Gasteiger partial charge is 0.138 e. The highest BCUT2D eigenvalue weighted by Crippen LogP contribution is 2.12. The predicted molar refractivity (Wildman–Crippen MR) is 43.2 cm³/mol. The van der Waals surface area contributed by atoms with E-state index in [-0.39, 0.29) is 11.0 Å². The quantitative estimate of drug-likeness (QED) is 0.549. The Labute approximate surface area is 67.1 Å². The van der Waals surface area contributed by atoms with Crippen molar-refractivity contribution in [2.45, 2.75) is 0 Å². The predicted octanol–water partition coefficient (Wildman–Crippen LogP) is 1.31. The minimum absolute atomic E-state index is 0. The van der Waals surface area contributed by atoms with Gasteiger partial charge in [0.2, 0.25) is 0 Å². The van der Waals surface area contributed by atoms with Gasteiger partial charge in [0.25, 0.3) is 0 Å². The van der Waals surface area contributed by atoms with Gasteiger partial charge in [-0.1, -0.05) is 16.6 Å². The molecule has 0 bridgehead atoms. The van der Waals surface area contributed by atoms with Crippen LogP contribution in [0.25, 0.3) is 10.2 Å². The molecule has 0 spiro atoms. The van der Waals surface area contributed by atoms with Crippen LogP contribution >= 0.6 is 11.5 Å². The Bertz CT molecular complexity index is 290. The van der Waals surface area contributed by atoms with Crippen LogP contribution < -0.4 is 0 Å². The molecule has 2 rings (SSSR count). The van der Waals surface area contributed by atoms with Gasteiger partial charge in [-0.15, -0.1) is 5.10 Å². The van der Waals surface area contributed by atoms with E-state index in [1.54, 1.807) is 0 Å². The molecule has 48 valence electrons. The molecule has 0 aliphatic carbocycles. The molecule has 1 aromatic heterocycles. The molecule has 2 aromatic rings. The third-order valence-electron chi connectivity index (χ3n) is 1.15. The summed E-state index contributed by atoms with van der Waals surface area (Å²) >= 11 is 1.43. The highest BCUT2D eigenvalue weighted by atomic mass is 32.1. The fraction of sp³-hybridized carbons (Fsp3) is 0. The molecule has 1 aromatic carbocycles. The Hall–Kier alpha value is -0.743. The molecule has 10 heavy (non-hydrogen) atoms. The van der Waals surface area contributed by atoms with Crippen molar-refractivity contribution < 1.29 is 0 Å². The normalized spacial score (nSPS) is 9.20. The van der Waals surface area contributed by atoms with Gasteiger partial charge in [-0.3, -0.25) is 0 Å². The second kappa shape index (κ2) is 2.89. The average molecular weight is 164 g/mol. The number of rotatable bonds is 0. The smallest absolute Gasteiger partial charge is 0.105 e. The maximum atomic E-state index is 3.89. The maximum absolute atomic E-state index is 3.89. The Morgan fingerprint density at radius 2 is 2.00 bits per heavy atom. The van der Waals surface area contributed by atoms with Crippen LogP contribution in [-0.4, -0.2) is 20.6 Å². The zero-order valence-corrected chi connectivity index (χ0v) is 6.93. The van der Waals surface area contributed by atoms with Crippen LogP contribution in [0.2, 0.25) is 0 Å². The lowest BCUT2D eigenvalue weighted by Gasteiger charge is -1.78. The van der Waals surface area contributed by atoms with Crippen molar-refractivity contribution in [3.05, 3.63) is 24.3 Å². The van der Waals surface area contributed by atoms with Crippen LogP contribution in [0.3, 0.4) is 0 Å². The van der Waals surface area contributed by atoms with Crippen LogP contribution in [0.4, 0.5) is 0 Å². The monoisotopic (exact) mass is 164 g/mol. The lowest BCUT2D eigenvalue weighted by Crippen LogP contribution is -1.63. The summed E-state index contributed by atoms with van der Waals surface area (Å²) < 4.78 is 4.94. The number of benzene rings is 1. The number of aromatic nitrogens is 2. The standard InChI is InChI=1S/C6H4N2S.Si/c1-2-4-6-5(3-1)7-8-9-6;/h1-4H;. The topological polar surface area (TPSA) is 25.8 Å². The molecule has 2 nitrogen and oxygen atoms in total. The molecule has 0 aliphatic rings. The van der Waals surface area contributed by atoms with Crippen molar-refractivity contribution in [2.24, 2.45) is 0 Å². The summed E-state index contributed by atoms with van der Waals surface area (Å²) in [5, 5.41) is 3.89. The highest BCUT2D eigenvalue weighted by Gasteiger charge is 1.91. The molecule has 4 radical (unpaired) electrons. The van der Waals surface area contributed by atoms with Gasteiger partial charge in [-0.25, -0.2) is 0 Å². The Morgan fingerprint density at radius 3 is 2.80 bits per heavy atom. The van der Waals surface area contributed by atoms with E-state index < -0.39 is 0 Å². The van der Waals surface area contributed by atoms with Crippen molar-refractivity contribution >= 4 is 32.7 Å². The average Bonchev–Trinajstić information content (AvgIpc) is 2.33. The van der Waals surface area contributed by atoms with Gasteiger partial charge in [0.15, 0.2) is 0 Å². The molecule has 1 heterocycles. The first-order chi connectivity index (χ1) is 4.47. The minimum Gasteiger partial charge on any atom is -0.138 e. The van der Waals surface area contributed by atoms with Crippen molar-refractivity contribution in [2.75, 3.05) is 0 Å². The van der Waals surface area contributed by atoms with E-state index in [9.17, 15) is 0 Å². The highest BCUT2D eigenvalue weighted by molar-refractivity contribution is 7.12. The molecular weight excluding hydrogens is 160 g/mol. The first-order valence-electron chi connectivity index (χ1n) is 2.64. The minimum atomic E-state index is 0. The van der Waals surface area contributed by atoms with Gasteiger partial charge in [-0.2, -0.15) is 0 Å². The van der Waals surface area contributed by atoms with Gasteiger partial charge in [-0.05, 0) is 23.7 Å². The molecule has 0 amide bonds. The molecule has 0 atom stereocenters. The van der Waals surface area contributed by atoms with E-state index in [1.165, 1.54) is 11.5 Å². The lowest BCUT2D eigenvalue weighted by atomic mass is 10.3. The summed E-state index contributed by atoms with van der Waals surface area (Å²) in [6, 6.07) is 7.92. The van der Waals surface area contributed by atoms with Crippen molar-refractivity contribution in [1.29, 1.82) is 0 Å². The number of nitrogens with zero attached hydrogens (tertiary/aromatic N) is 2. The van der Waals surface area contributed by atoms with Gasteiger partial charge in [0.05, 0.1) is 4.70 Å². The van der Waals surface area contributed by atoms with Crippen molar-refractivity contribution in [3.63, 3.8) is 0 Å². The summed E-state index contributed by atoms with van der Waals surface area (Å²) in [5.41, 5.74) is 0.988. The third kappa shape index (κ3) is 1.07. The summed E-state index contributed by atoms with van der Waals surface area (Å²) in [7, 11) is 0. The van der Waals surface area contributed by atoms with E-state index in [1.807, 2.05) is 24.3 Å². The molecule has 0 N–H and O–H groups in total. The van der Waals surface area contributed by atoms with Crippen LogP contribution in [0.1, 0.15) is 0 Å². The molecule has 0 fully saturated rings. The fourth-order valence-corrected chi connectivity index (χ4v) is 1.28. The summed E-state index contributed by atoms with van der Waals surface area (Å²) in [6.07, 6.45) is 0.